The average molecular weight is 888 g/mol. The summed E-state index contributed by atoms with van der Waals surface area (Å²) in [5, 5.41) is 0. The van der Waals surface area contributed by atoms with Crippen molar-refractivity contribution >= 4 is 0 Å². The third-order valence-electron chi connectivity index (χ3n) is 5.29. The Balaban J connectivity index is 3.15. The molecule has 34 heteroatoms. The molecular weight excluding hydrogens is 880 g/mol. The highest BCUT2D eigenvalue weighted by molar-refractivity contribution is 5.27. The minimum absolute atomic E-state index is 0.0692. The lowest BCUT2D eigenvalue weighted by Crippen LogP contribution is -2.61. The van der Waals surface area contributed by atoms with Crippen LogP contribution < -0.4 is 4.74 Å². The number of ether oxygens (including phenoxy) is 6. The van der Waals surface area contributed by atoms with Crippen LogP contribution in [0.25, 0.3) is 0 Å². The number of benzene rings is 1. The predicted molar refractivity (Wildman–Crippen MR) is 108 cm³/mol. The number of alkyl halides is 28. The number of hydrogen-bond donors (Lipinski definition) is 0. The van der Waals surface area contributed by atoms with E-state index in [1.54, 1.807) is 9.47 Å². The van der Waals surface area contributed by atoms with Gasteiger partial charge in [-0.05, 0) is 17.7 Å². The summed E-state index contributed by atoms with van der Waals surface area (Å²) in [6, 6.07) is -14.6. The van der Waals surface area contributed by atoms with Crippen molar-refractivity contribution in [2.75, 3.05) is 0 Å². The zero-order valence-electron chi connectivity index (χ0n) is 24.2. The first-order valence-electron chi connectivity index (χ1n) is 12.2. The van der Waals surface area contributed by atoms with Crippen molar-refractivity contribution in [1.82, 2.24) is 0 Å². The summed E-state index contributed by atoms with van der Waals surface area (Å²) in [6.07, 6.45) is -68.6. The molecule has 6 nitrogen and oxygen atoms in total. The summed E-state index contributed by atoms with van der Waals surface area (Å²) in [7, 11) is 0. The summed E-state index contributed by atoms with van der Waals surface area (Å²) < 4.78 is 379. The Morgan fingerprint density at radius 3 is 1.02 bits per heavy atom. The van der Waals surface area contributed by atoms with Gasteiger partial charge >= 0.3 is 79.4 Å². The van der Waals surface area contributed by atoms with Gasteiger partial charge in [0.25, 0.3) is 6.36 Å². The maximum atomic E-state index is 14.0. The van der Waals surface area contributed by atoms with Crippen LogP contribution in [0.3, 0.4) is 0 Å². The van der Waals surface area contributed by atoms with Crippen molar-refractivity contribution in [2.24, 2.45) is 0 Å². The van der Waals surface area contributed by atoms with Gasteiger partial charge in [0.15, 0.2) is 0 Å². The fourth-order valence-corrected chi connectivity index (χ4v) is 2.59. The van der Waals surface area contributed by atoms with Gasteiger partial charge in [0.05, 0.1) is 6.61 Å². The van der Waals surface area contributed by atoms with E-state index in [2.05, 4.69) is 18.9 Å². The van der Waals surface area contributed by atoms with E-state index < -0.39 is 104 Å². The summed E-state index contributed by atoms with van der Waals surface area (Å²) in [6.45, 7) is -2.03. The van der Waals surface area contributed by atoms with Gasteiger partial charge in [0.2, 0.25) is 0 Å². The van der Waals surface area contributed by atoms with Gasteiger partial charge in [0, 0.05) is 0 Å². The normalized spacial score (nSPS) is 18.4. The Bertz CT molecular complexity index is 1420. The molecule has 4 unspecified atom stereocenters. The Labute approximate surface area is 280 Å². The van der Waals surface area contributed by atoms with Crippen LogP contribution in [0, 0.1) is 0 Å². The molecule has 0 amide bonds. The fourth-order valence-electron chi connectivity index (χ4n) is 2.59. The second-order valence-corrected chi connectivity index (χ2v) is 9.48. The van der Waals surface area contributed by atoms with Crippen molar-refractivity contribution in [3.63, 3.8) is 0 Å². The minimum Gasteiger partial charge on any atom is -0.429 e. The molecular formula is C21H8F28O6. The van der Waals surface area contributed by atoms with E-state index >= 15 is 0 Å². The first-order valence-corrected chi connectivity index (χ1v) is 12.2. The second-order valence-electron chi connectivity index (χ2n) is 9.48. The summed E-state index contributed by atoms with van der Waals surface area (Å²) in [4.78, 5) is 0. The number of rotatable bonds is 17. The van der Waals surface area contributed by atoms with Crippen molar-refractivity contribution < 1.29 is 151 Å². The molecule has 0 bridgehead atoms. The van der Waals surface area contributed by atoms with Crippen LogP contribution >= 0.6 is 0 Å². The second kappa shape index (κ2) is 15.0. The zero-order chi connectivity index (χ0) is 44.1. The number of hydrogen-bond acceptors (Lipinski definition) is 6. The highest BCUT2D eigenvalue weighted by atomic mass is 19.4. The van der Waals surface area contributed by atoms with E-state index in [0.717, 1.165) is 0 Å². The van der Waals surface area contributed by atoms with E-state index in [1.807, 2.05) is 0 Å². The van der Waals surface area contributed by atoms with Gasteiger partial charge in [0.1, 0.15) is 5.75 Å². The molecule has 55 heavy (non-hydrogen) atoms. The third-order valence-corrected chi connectivity index (χ3v) is 5.29. The molecule has 0 aromatic heterocycles. The van der Waals surface area contributed by atoms with Gasteiger partial charge in [-0.25, -0.2) is 18.3 Å². The Hall–Kier alpha value is -3.14. The van der Waals surface area contributed by atoms with Gasteiger partial charge in [-0.1, -0.05) is 12.1 Å². The monoisotopic (exact) mass is 888 g/mol. The molecule has 0 aliphatic heterocycles. The highest BCUT2D eigenvalue weighted by Gasteiger charge is 2.81. The molecule has 324 valence electrons. The molecule has 0 aliphatic rings. The Morgan fingerprint density at radius 1 is 0.418 bits per heavy atom. The van der Waals surface area contributed by atoms with Crippen molar-refractivity contribution in [2.45, 2.75) is 92.4 Å². The van der Waals surface area contributed by atoms with Gasteiger partial charge in [-0.2, -0.15) is 114 Å². The molecule has 0 spiro atoms. The van der Waals surface area contributed by atoms with Crippen LogP contribution in [0.5, 0.6) is 5.75 Å². The van der Waals surface area contributed by atoms with Crippen LogP contribution in [0.4, 0.5) is 123 Å². The summed E-state index contributed by atoms with van der Waals surface area (Å²) in [5.41, 5.74) is -1.05. The largest absolute Gasteiger partial charge is 0.478 e. The van der Waals surface area contributed by atoms with Gasteiger partial charge in [-0.3, -0.25) is 9.47 Å². The van der Waals surface area contributed by atoms with Crippen LogP contribution in [-0.4, -0.2) is 85.8 Å². The third kappa shape index (κ3) is 10.8. The molecule has 1 rings (SSSR count). The molecule has 0 saturated carbocycles. The molecule has 0 aliphatic carbocycles. The molecule has 0 heterocycles. The Morgan fingerprint density at radius 2 is 0.727 bits per heavy atom. The van der Waals surface area contributed by atoms with E-state index in [9.17, 15) is 123 Å². The standard InChI is InChI=1S/C21H8F28O6/c22-8(52-20(48,16(38,39)40)54-18(44,45)12(28,29)14(32,33)34)10(24,25)50-5-6-1-3-7(4-2-6)51-11(26,27)9(23)53-21(49,17(41,42)43)55-19(46,47)13(30,31)15(35,36)37/h1-4,8-9H,5H2. The maximum absolute atomic E-state index is 14.0. The minimum atomic E-state index is -7.74. The van der Waals surface area contributed by atoms with Crippen LogP contribution in [0.2, 0.25) is 0 Å². The van der Waals surface area contributed by atoms with E-state index in [1.165, 1.54) is 0 Å². The van der Waals surface area contributed by atoms with Crippen LogP contribution in [-0.2, 0) is 30.3 Å². The lowest BCUT2D eigenvalue weighted by atomic mass is 10.2. The van der Waals surface area contributed by atoms with Gasteiger partial charge in [-0.15, -0.1) is 0 Å². The van der Waals surface area contributed by atoms with Crippen molar-refractivity contribution in [3.05, 3.63) is 29.8 Å². The first kappa shape index (κ1) is 49.9. The SMILES string of the molecule is FC(OC(F)(OC(F)(F)C(F)(F)C(F)(F)F)C(F)(F)F)C(F)(F)OCc1ccc(OC(F)(F)C(F)OC(F)(OC(F)(F)C(F)(F)C(F)(F)F)C(F)(F)F)cc1. The smallest absolute Gasteiger partial charge is 0.429 e. The maximum Gasteiger partial charge on any atom is 0.478 e. The topological polar surface area (TPSA) is 55.4 Å². The van der Waals surface area contributed by atoms with Crippen LogP contribution in [0.15, 0.2) is 24.3 Å². The fraction of sp³-hybridized carbons (Fsp3) is 0.714. The molecule has 0 fully saturated rings. The van der Waals surface area contributed by atoms with E-state index in [0.29, 0.717) is 0 Å². The van der Waals surface area contributed by atoms with Crippen molar-refractivity contribution in [3.8, 4) is 5.75 Å². The molecule has 1 aromatic carbocycles. The molecule has 4 atom stereocenters. The quantitative estimate of drug-likeness (QED) is 0.115. The predicted octanol–water partition coefficient (Wildman–Crippen LogP) is 10.4. The average Bonchev–Trinajstić information content (AvgIpc) is 2.93. The molecule has 0 N–H and O–H groups in total. The lowest BCUT2D eigenvalue weighted by molar-refractivity contribution is -0.551. The highest BCUT2D eigenvalue weighted by Crippen LogP contribution is 2.53. The van der Waals surface area contributed by atoms with E-state index in [-0.39, 0.29) is 24.3 Å². The first-order chi connectivity index (χ1) is 23.8. The number of halogens is 28. The van der Waals surface area contributed by atoms with Crippen molar-refractivity contribution in [1.29, 1.82) is 0 Å². The molecule has 1 aromatic rings. The zero-order valence-corrected chi connectivity index (χ0v) is 24.2. The summed E-state index contributed by atoms with van der Waals surface area (Å²) in [5.74, 6) is -17.2. The van der Waals surface area contributed by atoms with E-state index in [4.69, 9.17) is 0 Å². The lowest BCUT2D eigenvalue weighted by Gasteiger charge is -2.35. The van der Waals surface area contributed by atoms with Crippen LogP contribution in [0.1, 0.15) is 5.56 Å². The molecule has 0 radical (unpaired) electrons. The van der Waals surface area contributed by atoms with Gasteiger partial charge < -0.3 is 9.47 Å². The summed E-state index contributed by atoms with van der Waals surface area (Å²) >= 11 is 0. The molecule has 0 saturated heterocycles. The Kier molecular flexibility index (Phi) is 13.6.